The smallest absolute Gasteiger partial charge is 0.295 e. The van der Waals surface area contributed by atoms with E-state index in [0.29, 0.717) is 28.4 Å². The Morgan fingerprint density at radius 3 is 2.24 bits per heavy atom. The van der Waals surface area contributed by atoms with Gasteiger partial charge in [0.15, 0.2) is 0 Å². The number of aliphatic hydroxyl groups is 1. The maximum absolute atomic E-state index is 13.1. The van der Waals surface area contributed by atoms with Crippen molar-refractivity contribution in [1.29, 1.82) is 0 Å². The maximum Gasteiger partial charge on any atom is 0.295 e. The molecule has 1 amide bonds. The first-order valence-electron chi connectivity index (χ1n) is 10.6. The Morgan fingerprint density at radius 2 is 1.67 bits per heavy atom. The number of carbonyl (C=O) groups is 2. The first kappa shape index (κ1) is 24.1. The predicted octanol–water partition coefficient (Wildman–Crippen LogP) is 3.56. The van der Waals surface area contributed by atoms with Crippen LogP contribution in [-0.4, -0.2) is 62.3 Å². The van der Waals surface area contributed by atoms with Gasteiger partial charge in [-0.3, -0.25) is 9.59 Å². The van der Waals surface area contributed by atoms with Gasteiger partial charge in [0.25, 0.3) is 11.7 Å². The van der Waals surface area contributed by atoms with Gasteiger partial charge >= 0.3 is 0 Å². The standard InChI is InChI=1S/C25H29NO7/c1-15(2)33-17-8-6-16(7-9-17)23(27)21-22(26(12-13-30-3)25(29)24(21)28)19-14-18(31-4)10-11-20(19)32-5/h6-11,14-15,22,27H,12-13H2,1-5H3/b23-21+/t22-/m1/s1. The number of amides is 1. The quantitative estimate of drug-likeness (QED) is 0.351. The van der Waals surface area contributed by atoms with Gasteiger partial charge in [-0.2, -0.15) is 0 Å². The molecule has 1 saturated heterocycles. The third kappa shape index (κ3) is 4.96. The Balaban J connectivity index is 2.17. The molecule has 2 aromatic carbocycles. The highest BCUT2D eigenvalue weighted by atomic mass is 16.5. The molecule has 1 atom stereocenters. The van der Waals surface area contributed by atoms with Crippen molar-refractivity contribution in [1.82, 2.24) is 4.90 Å². The van der Waals surface area contributed by atoms with Crippen LogP contribution in [0.2, 0.25) is 0 Å². The summed E-state index contributed by atoms with van der Waals surface area (Å²) in [6.45, 7) is 4.20. The molecule has 0 unspecified atom stereocenters. The van der Waals surface area contributed by atoms with Gasteiger partial charge in [-0.05, 0) is 56.3 Å². The number of aliphatic hydroxyl groups excluding tert-OH is 1. The van der Waals surface area contributed by atoms with Gasteiger partial charge in [-0.1, -0.05) is 0 Å². The summed E-state index contributed by atoms with van der Waals surface area (Å²) >= 11 is 0. The molecule has 1 heterocycles. The number of ketones is 1. The molecule has 0 radical (unpaired) electrons. The molecule has 0 bridgehead atoms. The van der Waals surface area contributed by atoms with Crippen molar-refractivity contribution in [2.45, 2.75) is 26.0 Å². The molecule has 0 spiro atoms. The van der Waals surface area contributed by atoms with Crippen LogP contribution in [0.5, 0.6) is 17.2 Å². The second-order valence-corrected chi connectivity index (χ2v) is 7.78. The van der Waals surface area contributed by atoms with Gasteiger partial charge in [0, 0.05) is 24.8 Å². The first-order valence-corrected chi connectivity index (χ1v) is 10.6. The SMILES string of the molecule is COCCN1C(=O)C(=O)/C(=C(/O)c2ccc(OC(C)C)cc2)[C@H]1c1cc(OC)ccc1OC. The Labute approximate surface area is 193 Å². The third-order valence-corrected chi connectivity index (χ3v) is 5.31. The number of carbonyl (C=O) groups excluding carboxylic acids is 2. The van der Waals surface area contributed by atoms with E-state index in [-0.39, 0.29) is 30.6 Å². The minimum atomic E-state index is -0.878. The summed E-state index contributed by atoms with van der Waals surface area (Å²) in [4.78, 5) is 27.4. The Bertz CT molecular complexity index is 1040. The van der Waals surface area contributed by atoms with E-state index in [9.17, 15) is 14.7 Å². The highest BCUT2D eigenvalue weighted by molar-refractivity contribution is 6.46. The number of benzene rings is 2. The fourth-order valence-corrected chi connectivity index (χ4v) is 3.80. The summed E-state index contributed by atoms with van der Waals surface area (Å²) in [6, 6.07) is 10.9. The van der Waals surface area contributed by atoms with Gasteiger partial charge < -0.3 is 29.0 Å². The van der Waals surface area contributed by atoms with Crippen LogP contribution in [0.25, 0.3) is 5.76 Å². The topological polar surface area (TPSA) is 94.5 Å². The van der Waals surface area contributed by atoms with Crippen LogP contribution < -0.4 is 14.2 Å². The molecule has 0 aliphatic carbocycles. The van der Waals surface area contributed by atoms with E-state index in [4.69, 9.17) is 18.9 Å². The number of ether oxygens (including phenoxy) is 4. The first-order chi connectivity index (χ1) is 15.8. The molecule has 1 fully saturated rings. The molecule has 0 saturated carbocycles. The van der Waals surface area contributed by atoms with Crippen LogP contribution in [0.3, 0.4) is 0 Å². The second-order valence-electron chi connectivity index (χ2n) is 7.78. The Kier molecular flexibility index (Phi) is 7.60. The summed E-state index contributed by atoms with van der Waals surface area (Å²) in [7, 11) is 4.53. The van der Waals surface area contributed by atoms with Crippen LogP contribution >= 0.6 is 0 Å². The number of likely N-dealkylation sites (tertiary alicyclic amines) is 1. The summed E-state index contributed by atoms with van der Waals surface area (Å²) in [5.41, 5.74) is 0.886. The Hall–Kier alpha value is -3.52. The van der Waals surface area contributed by atoms with E-state index < -0.39 is 17.7 Å². The van der Waals surface area contributed by atoms with Crippen LogP contribution in [0.1, 0.15) is 31.0 Å². The molecule has 33 heavy (non-hydrogen) atoms. The highest BCUT2D eigenvalue weighted by Crippen LogP contribution is 2.43. The van der Waals surface area contributed by atoms with Gasteiger partial charge in [0.05, 0.1) is 38.5 Å². The molecule has 8 nitrogen and oxygen atoms in total. The number of methoxy groups -OCH3 is 3. The molecule has 176 valence electrons. The van der Waals surface area contributed by atoms with E-state index in [1.807, 2.05) is 13.8 Å². The lowest BCUT2D eigenvalue weighted by Gasteiger charge is -2.26. The average molecular weight is 456 g/mol. The summed E-state index contributed by atoms with van der Waals surface area (Å²) in [5, 5.41) is 11.2. The fourth-order valence-electron chi connectivity index (χ4n) is 3.80. The van der Waals surface area contributed by atoms with Gasteiger partial charge in [-0.25, -0.2) is 0 Å². The summed E-state index contributed by atoms with van der Waals surface area (Å²) in [6.07, 6.45) is -0.00363. The molecule has 8 heteroatoms. The maximum atomic E-state index is 13.1. The zero-order valence-corrected chi connectivity index (χ0v) is 19.5. The average Bonchev–Trinajstić information content (AvgIpc) is 3.06. The van der Waals surface area contributed by atoms with Crippen molar-refractivity contribution in [3.05, 3.63) is 59.2 Å². The molecule has 3 rings (SSSR count). The number of hydrogen-bond acceptors (Lipinski definition) is 7. The van der Waals surface area contributed by atoms with E-state index >= 15 is 0 Å². The molecule has 0 aromatic heterocycles. The van der Waals surface area contributed by atoms with E-state index in [1.54, 1.807) is 42.5 Å². The number of Topliss-reactive ketones (excluding diaryl/α,β-unsaturated/α-hetero) is 1. The lowest BCUT2D eigenvalue weighted by Crippen LogP contribution is -2.32. The molecule has 1 aliphatic rings. The van der Waals surface area contributed by atoms with Crippen molar-refractivity contribution in [2.24, 2.45) is 0 Å². The monoisotopic (exact) mass is 455 g/mol. The summed E-state index contributed by atoms with van der Waals surface area (Å²) in [5.74, 6) is -0.161. The van der Waals surface area contributed by atoms with E-state index in [2.05, 4.69) is 0 Å². The highest BCUT2D eigenvalue weighted by Gasteiger charge is 2.47. The van der Waals surface area contributed by atoms with Crippen molar-refractivity contribution >= 4 is 17.4 Å². The summed E-state index contributed by atoms with van der Waals surface area (Å²) < 4.78 is 21.7. The van der Waals surface area contributed by atoms with Crippen LogP contribution in [0, 0.1) is 0 Å². The van der Waals surface area contributed by atoms with Gasteiger partial charge in [-0.15, -0.1) is 0 Å². The van der Waals surface area contributed by atoms with Gasteiger partial charge in [0.2, 0.25) is 0 Å². The van der Waals surface area contributed by atoms with Crippen LogP contribution in [0.15, 0.2) is 48.0 Å². The zero-order valence-electron chi connectivity index (χ0n) is 19.5. The van der Waals surface area contributed by atoms with E-state index in [1.165, 1.54) is 26.2 Å². The number of nitrogens with zero attached hydrogens (tertiary/aromatic N) is 1. The number of rotatable bonds is 9. The van der Waals surface area contributed by atoms with Crippen molar-refractivity contribution in [3.8, 4) is 17.2 Å². The van der Waals surface area contributed by atoms with Crippen molar-refractivity contribution in [3.63, 3.8) is 0 Å². The number of hydrogen-bond donors (Lipinski definition) is 1. The lowest BCUT2D eigenvalue weighted by atomic mass is 9.94. The fraction of sp³-hybridized carbons (Fsp3) is 0.360. The minimum Gasteiger partial charge on any atom is -0.507 e. The van der Waals surface area contributed by atoms with E-state index in [0.717, 1.165) is 0 Å². The largest absolute Gasteiger partial charge is 0.507 e. The molecular formula is C25H29NO7. The van der Waals surface area contributed by atoms with Crippen molar-refractivity contribution < 1.29 is 33.6 Å². The molecular weight excluding hydrogens is 426 g/mol. The lowest BCUT2D eigenvalue weighted by molar-refractivity contribution is -0.140. The third-order valence-electron chi connectivity index (χ3n) is 5.31. The normalized spacial score (nSPS) is 17.5. The molecule has 1 aliphatic heterocycles. The molecule has 2 aromatic rings. The van der Waals surface area contributed by atoms with Crippen molar-refractivity contribution in [2.75, 3.05) is 34.5 Å². The van der Waals surface area contributed by atoms with Crippen LogP contribution in [0.4, 0.5) is 0 Å². The zero-order chi connectivity index (χ0) is 24.1. The van der Waals surface area contributed by atoms with Crippen LogP contribution in [-0.2, 0) is 14.3 Å². The minimum absolute atomic E-state index is 0.00363. The Morgan fingerprint density at radius 1 is 1.00 bits per heavy atom. The predicted molar refractivity (Wildman–Crippen MR) is 123 cm³/mol. The van der Waals surface area contributed by atoms with Gasteiger partial charge in [0.1, 0.15) is 23.0 Å². The molecule has 1 N–H and O–H groups in total. The second kappa shape index (κ2) is 10.4.